The average molecular weight is 789 g/mol. The van der Waals surface area contributed by atoms with Gasteiger partial charge in [0, 0.05) is 7.11 Å². The average Bonchev–Trinajstić information content (AvgIpc) is 3.22. The summed E-state index contributed by atoms with van der Waals surface area (Å²) in [4.78, 5) is 12.9. The normalized spacial score (nSPS) is 11.8. The van der Waals surface area contributed by atoms with Crippen molar-refractivity contribution in [3.8, 4) is 0 Å². The Morgan fingerprint density at radius 3 is 1.04 bits per heavy atom. The molecule has 312 valence electrons. The second-order valence-electron chi connectivity index (χ2n) is 12.3. The first-order valence-electron chi connectivity index (χ1n) is 19.5. The van der Waals surface area contributed by atoms with Crippen LogP contribution in [-0.2, 0) is 61.6 Å². The first-order chi connectivity index (χ1) is 27.8. The van der Waals surface area contributed by atoms with Crippen molar-refractivity contribution in [3.05, 3.63) is 60.2 Å². The van der Waals surface area contributed by atoms with Gasteiger partial charge in [0.2, 0.25) is 0 Å². The highest BCUT2D eigenvalue weighted by Gasteiger charge is 2.16. The van der Waals surface area contributed by atoms with Gasteiger partial charge in [-0.3, -0.25) is 0 Å². The summed E-state index contributed by atoms with van der Waals surface area (Å²) in [6.07, 6.45) is 0. The van der Waals surface area contributed by atoms with Crippen molar-refractivity contribution in [3.63, 3.8) is 0 Å². The SMILES string of the molecule is COCCOCCOCCOCCOCCOCCOCCOCCOCCOCCOCCOCCOC(=O)c1ccc2ccc3cccc4ccc1c2c34. The molecule has 0 N–H and O–H groups in total. The zero-order valence-electron chi connectivity index (χ0n) is 32.9. The molecule has 14 nitrogen and oxygen atoms in total. The van der Waals surface area contributed by atoms with Gasteiger partial charge < -0.3 is 61.6 Å². The molecule has 0 aliphatic carbocycles. The van der Waals surface area contributed by atoms with Gasteiger partial charge in [0.25, 0.3) is 0 Å². The van der Waals surface area contributed by atoms with Gasteiger partial charge in [-0.25, -0.2) is 4.79 Å². The van der Waals surface area contributed by atoms with Crippen molar-refractivity contribution >= 4 is 38.3 Å². The van der Waals surface area contributed by atoms with Gasteiger partial charge in [0.1, 0.15) is 6.61 Å². The summed E-state index contributed by atoms with van der Waals surface area (Å²) in [6, 6.07) is 18.3. The molecule has 0 aromatic heterocycles. The number of hydrogen-bond acceptors (Lipinski definition) is 14. The number of hydrogen-bond donors (Lipinski definition) is 0. The summed E-state index contributed by atoms with van der Waals surface area (Å²) in [6.45, 7) is 11.4. The zero-order chi connectivity index (χ0) is 39.1. The van der Waals surface area contributed by atoms with Crippen LogP contribution in [0.4, 0.5) is 0 Å². The first-order valence-corrected chi connectivity index (χ1v) is 19.5. The Balaban J connectivity index is 0.821. The van der Waals surface area contributed by atoms with E-state index in [0.29, 0.717) is 158 Å². The largest absolute Gasteiger partial charge is 0.460 e. The maximum Gasteiger partial charge on any atom is 0.338 e. The summed E-state index contributed by atoms with van der Waals surface area (Å²) in [5.74, 6) is -0.355. The molecule has 56 heavy (non-hydrogen) atoms. The standard InChI is InChI=1S/C42H60O14/c1-44-11-12-45-13-14-46-15-16-47-17-18-48-19-20-49-21-22-50-23-24-51-25-26-52-27-28-53-29-30-54-31-32-55-33-34-56-42(43)39-10-8-37-6-5-35-3-2-4-36-7-9-38(39)41(37)40(35)36/h2-10H,11-34H2,1H3. The minimum atomic E-state index is -0.355. The van der Waals surface area contributed by atoms with Crippen molar-refractivity contribution in [2.24, 2.45) is 0 Å². The van der Waals surface area contributed by atoms with Crippen LogP contribution < -0.4 is 0 Å². The topological polar surface area (TPSA) is 137 Å². The molecule has 0 saturated carbocycles. The van der Waals surface area contributed by atoms with Crippen molar-refractivity contribution < 1.29 is 66.4 Å². The molecule has 0 amide bonds. The van der Waals surface area contributed by atoms with E-state index < -0.39 is 0 Å². The highest BCUT2D eigenvalue weighted by Crippen LogP contribution is 2.36. The number of esters is 1. The summed E-state index contributed by atoms with van der Waals surface area (Å²) in [7, 11) is 1.64. The van der Waals surface area contributed by atoms with Crippen LogP contribution in [0.25, 0.3) is 32.3 Å². The highest BCUT2D eigenvalue weighted by atomic mass is 16.6. The van der Waals surface area contributed by atoms with E-state index in [0.717, 1.165) is 26.9 Å². The maximum absolute atomic E-state index is 12.9. The molecule has 0 saturated heterocycles. The van der Waals surface area contributed by atoms with E-state index in [1.165, 1.54) is 5.39 Å². The van der Waals surface area contributed by atoms with Gasteiger partial charge in [-0.05, 0) is 38.4 Å². The molecule has 14 heteroatoms. The Kier molecular flexibility index (Phi) is 24.5. The lowest BCUT2D eigenvalue weighted by Crippen LogP contribution is -2.16. The molecule has 0 radical (unpaired) electrons. The minimum absolute atomic E-state index is 0.167. The van der Waals surface area contributed by atoms with Gasteiger partial charge in [0.05, 0.1) is 158 Å². The summed E-state index contributed by atoms with van der Waals surface area (Å²) in [5.41, 5.74) is 0.560. The summed E-state index contributed by atoms with van der Waals surface area (Å²) >= 11 is 0. The number of benzene rings is 4. The van der Waals surface area contributed by atoms with E-state index in [1.807, 2.05) is 18.2 Å². The molecule has 0 spiro atoms. The Morgan fingerprint density at radius 2 is 0.661 bits per heavy atom. The number of ether oxygens (including phenoxy) is 13. The van der Waals surface area contributed by atoms with Crippen LogP contribution in [0.1, 0.15) is 10.4 Å². The van der Waals surface area contributed by atoms with Crippen molar-refractivity contribution in [1.82, 2.24) is 0 Å². The summed E-state index contributed by atoms with van der Waals surface area (Å²) < 4.78 is 70.7. The van der Waals surface area contributed by atoms with Gasteiger partial charge in [-0.2, -0.15) is 0 Å². The third kappa shape index (κ3) is 18.0. The number of carbonyl (C=O) groups is 1. The lowest BCUT2D eigenvalue weighted by molar-refractivity contribution is -0.0285. The van der Waals surface area contributed by atoms with Gasteiger partial charge >= 0.3 is 5.97 Å². The van der Waals surface area contributed by atoms with Crippen LogP contribution in [0, 0.1) is 0 Å². The van der Waals surface area contributed by atoms with Crippen molar-refractivity contribution in [2.75, 3.05) is 166 Å². The predicted molar refractivity (Wildman–Crippen MR) is 211 cm³/mol. The summed E-state index contributed by atoms with van der Waals surface area (Å²) in [5, 5.41) is 6.59. The fraction of sp³-hybridized carbons (Fsp3) is 0.595. The van der Waals surface area contributed by atoms with E-state index in [1.54, 1.807) is 7.11 Å². The first kappa shape index (κ1) is 45.6. The van der Waals surface area contributed by atoms with Crippen molar-refractivity contribution in [1.29, 1.82) is 0 Å². The van der Waals surface area contributed by atoms with Crippen LogP contribution in [0.15, 0.2) is 54.6 Å². The number of carbonyl (C=O) groups excluding carboxylic acids is 1. The Labute approximate surface area is 330 Å². The molecular weight excluding hydrogens is 728 g/mol. The lowest BCUT2D eigenvalue weighted by Gasteiger charge is -2.13. The second kappa shape index (κ2) is 30.1. The van der Waals surface area contributed by atoms with E-state index in [9.17, 15) is 4.79 Å². The smallest absolute Gasteiger partial charge is 0.338 e. The molecule has 4 aromatic carbocycles. The van der Waals surface area contributed by atoms with E-state index in [-0.39, 0.29) is 12.6 Å². The van der Waals surface area contributed by atoms with Gasteiger partial charge in [0.15, 0.2) is 0 Å². The molecule has 0 fully saturated rings. The molecule has 0 unspecified atom stereocenters. The quantitative estimate of drug-likeness (QED) is 0.0359. The van der Waals surface area contributed by atoms with Gasteiger partial charge in [-0.1, -0.05) is 48.5 Å². The highest BCUT2D eigenvalue weighted by molar-refractivity contribution is 6.25. The van der Waals surface area contributed by atoms with E-state index in [4.69, 9.17) is 61.6 Å². The Hall–Kier alpha value is -3.09. The van der Waals surface area contributed by atoms with Crippen LogP contribution in [0.2, 0.25) is 0 Å². The van der Waals surface area contributed by atoms with Crippen molar-refractivity contribution in [2.45, 2.75) is 0 Å². The third-order valence-corrected chi connectivity index (χ3v) is 8.36. The fourth-order valence-corrected chi connectivity index (χ4v) is 5.63. The predicted octanol–water partition coefficient (Wildman–Crippen LogP) is 4.57. The second-order valence-corrected chi connectivity index (χ2v) is 12.3. The van der Waals surface area contributed by atoms with Gasteiger partial charge in [-0.15, -0.1) is 0 Å². The zero-order valence-corrected chi connectivity index (χ0v) is 32.9. The van der Waals surface area contributed by atoms with Crippen LogP contribution in [0.3, 0.4) is 0 Å². The van der Waals surface area contributed by atoms with Crippen LogP contribution in [-0.4, -0.2) is 172 Å². The molecule has 0 atom stereocenters. The van der Waals surface area contributed by atoms with E-state index >= 15 is 0 Å². The third-order valence-electron chi connectivity index (χ3n) is 8.36. The molecule has 0 bridgehead atoms. The maximum atomic E-state index is 12.9. The molecule has 4 rings (SSSR count). The Morgan fingerprint density at radius 1 is 0.357 bits per heavy atom. The molecular formula is C42H60O14. The molecule has 4 aromatic rings. The minimum Gasteiger partial charge on any atom is -0.460 e. The molecule has 0 aliphatic heterocycles. The van der Waals surface area contributed by atoms with E-state index in [2.05, 4.69) is 36.4 Å². The monoisotopic (exact) mass is 788 g/mol. The molecule has 0 aliphatic rings. The van der Waals surface area contributed by atoms with Crippen LogP contribution >= 0.6 is 0 Å². The number of rotatable bonds is 37. The number of methoxy groups -OCH3 is 1. The van der Waals surface area contributed by atoms with Crippen LogP contribution in [0.5, 0.6) is 0 Å². The fourth-order valence-electron chi connectivity index (χ4n) is 5.63. The Bertz CT molecular complexity index is 1550. The molecule has 0 heterocycles. The lowest BCUT2D eigenvalue weighted by atomic mass is 9.92.